The number of aromatic nitrogens is 1. The molecule has 1 fully saturated rings. The van der Waals surface area contributed by atoms with E-state index in [1.165, 1.54) is 12.0 Å². The molecule has 1 aliphatic rings. The molecule has 19 heavy (non-hydrogen) atoms. The van der Waals surface area contributed by atoms with Crippen LogP contribution in [0, 0.1) is 5.92 Å². The van der Waals surface area contributed by atoms with Crippen molar-refractivity contribution < 1.29 is 4.42 Å². The van der Waals surface area contributed by atoms with Crippen LogP contribution in [0.1, 0.15) is 49.3 Å². The lowest BCUT2D eigenvalue weighted by molar-refractivity contribution is 0.430. The first-order valence-corrected chi connectivity index (χ1v) is 6.96. The van der Waals surface area contributed by atoms with Crippen molar-refractivity contribution in [2.75, 3.05) is 0 Å². The van der Waals surface area contributed by atoms with E-state index >= 15 is 0 Å². The predicted molar refractivity (Wildman–Crippen MR) is 74.7 cm³/mol. The number of nitrogens with one attached hydrogen (secondary N) is 1. The van der Waals surface area contributed by atoms with Gasteiger partial charge in [0.1, 0.15) is 11.5 Å². The molecule has 0 aromatic carbocycles. The molecule has 3 rings (SSSR count). The van der Waals surface area contributed by atoms with Gasteiger partial charge < -0.3 is 9.73 Å². The molecule has 1 aliphatic carbocycles. The predicted octanol–water partition coefficient (Wildman–Crippen LogP) is 3.65. The molecule has 1 N–H and O–H groups in total. The summed E-state index contributed by atoms with van der Waals surface area (Å²) in [5, 5.41) is 3.48. The average molecular weight is 256 g/mol. The maximum absolute atomic E-state index is 5.89. The van der Waals surface area contributed by atoms with Gasteiger partial charge in [-0.1, -0.05) is 6.92 Å². The third kappa shape index (κ3) is 2.87. The second-order valence-corrected chi connectivity index (χ2v) is 5.51. The fourth-order valence-electron chi connectivity index (χ4n) is 2.43. The van der Waals surface area contributed by atoms with Crippen LogP contribution in [0.4, 0.5) is 0 Å². The van der Waals surface area contributed by atoms with E-state index < -0.39 is 0 Å². The van der Waals surface area contributed by atoms with Crippen LogP contribution in [0.2, 0.25) is 0 Å². The third-order valence-electron chi connectivity index (χ3n) is 3.95. The second-order valence-electron chi connectivity index (χ2n) is 5.51. The van der Waals surface area contributed by atoms with Crippen molar-refractivity contribution in [3.05, 3.63) is 53.7 Å². The number of rotatable bonds is 5. The number of furan rings is 1. The smallest absolute Gasteiger partial charge is 0.117 e. The fraction of sp³-hybridized carbons (Fsp3) is 0.438. The lowest BCUT2D eigenvalue weighted by Crippen LogP contribution is -2.17. The molecule has 3 unspecified atom stereocenters. The SMILES string of the molecule is CC(NCc1ccc(C2CC2C)o1)c1ccncc1. The van der Waals surface area contributed by atoms with Gasteiger partial charge in [-0.3, -0.25) is 4.98 Å². The van der Waals surface area contributed by atoms with Gasteiger partial charge in [-0.2, -0.15) is 0 Å². The van der Waals surface area contributed by atoms with Crippen LogP contribution in [0.15, 0.2) is 41.1 Å². The van der Waals surface area contributed by atoms with E-state index in [9.17, 15) is 0 Å². The number of hydrogen-bond donors (Lipinski definition) is 1. The van der Waals surface area contributed by atoms with E-state index in [-0.39, 0.29) is 0 Å². The highest BCUT2D eigenvalue weighted by molar-refractivity contribution is 5.18. The van der Waals surface area contributed by atoms with Crippen molar-refractivity contribution in [2.24, 2.45) is 5.92 Å². The molecule has 0 bridgehead atoms. The van der Waals surface area contributed by atoms with Crippen LogP contribution in [-0.2, 0) is 6.54 Å². The summed E-state index contributed by atoms with van der Waals surface area (Å²) in [4.78, 5) is 4.04. The molecule has 0 aliphatic heterocycles. The van der Waals surface area contributed by atoms with Gasteiger partial charge in [0.05, 0.1) is 6.54 Å². The van der Waals surface area contributed by atoms with Crippen molar-refractivity contribution in [1.29, 1.82) is 0 Å². The van der Waals surface area contributed by atoms with Gasteiger partial charge >= 0.3 is 0 Å². The lowest BCUT2D eigenvalue weighted by atomic mass is 10.1. The zero-order valence-corrected chi connectivity index (χ0v) is 11.5. The molecule has 100 valence electrons. The zero-order chi connectivity index (χ0) is 13.2. The zero-order valence-electron chi connectivity index (χ0n) is 11.5. The molecule has 3 nitrogen and oxygen atoms in total. The summed E-state index contributed by atoms with van der Waals surface area (Å²) in [5.74, 6) is 3.63. The lowest BCUT2D eigenvalue weighted by Gasteiger charge is -2.12. The van der Waals surface area contributed by atoms with Crippen LogP contribution in [0.5, 0.6) is 0 Å². The van der Waals surface area contributed by atoms with Gasteiger partial charge in [-0.15, -0.1) is 0 Å². The monoisotopic (exact) mass is 256 g/mol. The molecule has 1 saturated carbocycles. The Balaban J connectivity index is 1.56. The van der Waals surface area contributed by atoms with Crippen LogP contribution in [-0.4, -0.2) is 4.98 Å². The molecule has 2 aromatic heterocycles. The highest BCUT2D eigenvalue weighted by Crippen LogP contribution is 2.47. The van der Waals surface area contributed by atoms with Gasteiger partial charge in [0.2, 0.25) is 0 Å². The number of nitrogens with zero attached hydrogens (tertiary/aromatic N) is 1. The Kier molecular flexibility index (Phi) is 3.38. The molecule has 3 atom stereocenters. The molecular formula is C16H20N2O. The first kappa shape index (κ1) is 12.4. The van der Waals surface area contributed by atoms with Crippen molar-refractivity contribution in [1.82, 2.24) is 10.3 Å². The Hall–Kier alpha value is -1.61. The maximum atomic E-state index is 5.89. The molecular weight excluding hydrogens is 236 g/mol. The Morgan fingerprint density at radius 2 is 2.05 bits per heavy atom. The number of hydrogen-bond acceptors (Lipinski definition) is 3. The topological polar surface area (TPSA) is 38.1 Å². The Morgan fingerprint density at radius 3 is 2.74 bits per heavy atom. The van der Waals surface area contributed by atoms with Crippen molar-refractivity contribution in [2.45, 2.75) is 38.8 Å². The minimum Gasteiger partial charge on any atom is -0.464 e. The van der Waals surface area contributed by atoms with E-state index in [4.69, 9.17) is 4.42 Å². The molecule has 0 spiro atoms. The summed E-state index contributed by atoms with van der Waals surface area (Å²) in [6.45, 7) is 5.20. The van der Waals surface area contributed by atoms with Gasteiger partial charge in [0.25, 0.3) is 0 Å². The Labute approximate surface area is 114 Å². The largest absolute Gasteiger partial charge is 0.464 e. The van der Waals surface area contributed by atoms with Gasteiger partial charge in [-0.25, -0.2) is 0 Å². The van der Waals surface area contributed by atoms with Crippen molar-refractivity contribution >= 4 is 0 Å². The third-order valence-corrected chi connectivity index (χ3v) is 3.95. The minimum atomic E-state index is 0.302. The van der Waals surface area contributed by atoms with E-state index in [2.05, 4.69) is 36.3 Å². The van der Waals surface area contributed by atoms with Crippen LogP contribution < -0.4 is 5.32 Å². The van der Waals surface area contributed by atoms with Gasteiger partial charge in [0.15, 0.2) is 0 Å². The molecule has 0 amide bonds. The second kappa shape index (κ2) is 5.17. The highest BCUT2D eigenvalue weighted by atomic mass is 16.3. The Morgan fingerprint density at radius 1 is 1.32 bits per heavy atom. The van der Waals surface area contributed by atoms with E-state index in [1.54, 1.807) is 0 Å². The van der Waals surface area contributed by atoms with E-state index in [0.717, 1.165) is 24.0 Å². The highest BCUT2D eigenvalue weighted by Gasteiger charge is 2.36. The van der Waals surface area contributed by atoms with E-state index in [0.29, 0.717) is 12.0 Å². The van der Waals surface area contributed by atoms with E-state index in [1.807, 2.05) is 24.5 Å². The Bertz CT molecular complexity index is 535. The summed E-state index contributed by atoms with van der Waals surface area (Å²) in [6, 6.07) is 8.60. The van der Waals surface area contributed by atoms with Gasteiger partial charge in [0, 0.05) is 24.4 Å². The molecule has 0 radical (unpaired) electrons. The van der Waals surface area contributed by atoms with Crippen LogP contribution in [0.25, 0.3) is 0 Å². The average Bonchev–Trinajstić information content (AvgIpc) is 3.00. The standard InChI is InChI=1S/C16H20N2O/c1-11-9-15(11)16-4-3-14(19-16)10-18-12(2)13-5-7-17-8-6-13/h3-8,11-12,15,18H,9-10H2,1-2H3. The summed E-state index contributed by atoms with van der Waals surface area (Å²) in [6.07, 6.45) is 4.92. The van der Waals surface area contributed by atoms with Crippen LogP contribution >= 0.6 is 0 Å². The summed E-state index contributed by atoms with van der Waals surface area (Å²) < 4.78 is 5.89. The van der Waals surface area contributed by atoms with Crippen LogP contribution in [0.3, 0.4) is 0 Å². The maximum Gasteiger partial charge on any atom is 0.117 e. The molecule has 2 heterocycles. The van der Waals surface area contributed by atoms with Crippen molar-refractivity contribution in [3.63, 3.8) is 0 Å². The number of pyridine rings is 1. The quantitative estimate of drug-likeness (QED) is 0.887. The molecule has 2 aromatic rings. The molecule has 0 saturated heterocycles. The summed E-state index contributed by atoms with van der Waals surface area (Å²) in [5.41, 5.74) is 1.25. The molecule has 3 heteroatoms. The van der Waals surface area contributed by atoms with Gasteiger partial charge in [-0.05, 0) is 49.1 Å². The summed E-state index contributed by atoms with van der Waals surface area (Å²) >= 11 is 0. The summed E-state index contributed by atoms with van der Waals surface area (Å²) in [7, 11) is 0. The minimum absolute atomic E-state index is 0.302. The van der Waals surface area contributed by atoms with Crippen molar-refractivity contribution in [3.8, 4) is 0 Å². The normalized spacial score (nSPS) is 23.3. The first-order valence-electron chi connectivity index (χ1n) is 6.96. The first-order chi connectivity index (χ1) is 9.24. The fourth-order valence-corrected chi connectivity index (χ4v) is 2.43.